The van der Waals surface area contributed by atoms with Gasteiger partial charge in [-0.3, -0.25) is 4.79 Å². The van der Waals surface area contributed by atoms with Gasteiger partial charge in [0.1, 0.15) is 5.52 Å². The Balaban J connectivity index is 2.88. The quantitative estimate of drug-likeness (QED) is 0.761. The van der Waals surface area contributed by atoms with Gasteiger partial charge >= 0.3 is 6.18 Å². The van der Waals surface area contributed by atoms with Crippen molar-refractivity contribution in [1.82, 2.24) is 9.97 Å². The average Bonchev–Trinajstić information content (AvgIpc) is 2.21. The highest BCUT2D eigenvalue weighted by Gasteiger charge is 2.36. The van der Waals surface area contributed by atoms with Gasteiger partial charge in [-0.05, 0) is 28.1 Å². The molecule has 8 heteroatoms. The molecule has 0 aliphatic carbocycles. The maximum absolute atomic E-state index is 13.5. The van der Waals surface area contributed by atoms with E-state index in [1.165, 1.54) is 12.1 Å². The second-order valence-corrected chi connectivity index (χ2v) is 4.02. The zero-order chi connectivity index (χ0) is 12.8. The van der Waals surface area contributed by atoms with Crippen molar-refractivity contribution < 1.29 is 17.6 Å². The Morgan fingerprint density at radius 1 is 1.29 bits per heavy atom. The van der Waals surface area contributed by atoms with Crippen molar-refractivity contribution in [3.8, 4) is 0 Å². The van der Waals surface area contributed by atoms with Crippen LogP contribution in [0.4, 0.5) is 17.6 Å². The first kappa shape index (κ1) is 12.0. The fourth-order valence-corrected chi connectivity index (χ4v) is 1.61. The van der Waals surface area contributed by atoms with Crippen molar-refractivity contribution in [2.24, 2.45) is 0 Å². The minimum Gasteiger partial charge on any atom is -0.319 e. The number of aromatic amines is 1. The van der Waals surface area contributed by atoms with Crippen LogP contribution in [0.1, 0.15) is 5.69 Å². The summed E-state index contributed by atoms with van der Waals surface area (Å²) in [4.78, 5) is 16.1. The van der Waals surface area contributed by atoms with Gasteiger partial charge in [0.2, 0.25) is 5.69 Å². The van der Waals surface area contributed by atoms with Gasteiger partial charge in [-0.15, -0.1) is 0 Å². The van der Waals surface area contributed by atoms with Crippen LogP contribution in [-0.4, -0.2) is 9.97 Å². The monoisotopic (exact) mass is 310 g/mol. The number of hydrogen-bond acceptors (Lipinski definition) is 2. The highest BCUT2D eigenvalue weighted by Crippen LogP contribution is 2.27. The highest BCUT2D eigenvalue weighted by molar-refractivity contribution is 9.10. The third-order valence-electron chi connectivity index (χ3n) is 2.02. The third-order valence-corrected chi connectivity index (χ3v) is 2.64. The van der Waals surface area contributed by atoms with Crippen LogP contribution in [0.25, 0.3) is 11.0 Å². The maximum Gasteiger partial charge on any atom is 0.438 e. The number of fused-ring (bicyclic) bond motifs is 1. The number of H-pyrrole nitrogens is 1. The summed E-state index contributed by atoms with van der Waals surface area (Å²) in [6.07, 6.45) is -4.92. The summed E-state index contributed by atoms with van der Waals surface area (Å²) >= 11 is 2.82. The third kappa shape index (κ3) is 2.04. The molecule has 0 aliphatic heterocycles. The van der Waals surface area contributed by atoms with Gasteiger partial charge < -0.3 is 4.98 Å². The molecule has 0 unspecified atom stereocenters. The van der Waals surface area contributed by atoms with E-state index < -0.39 is 28.8 Å². The number of alkyl halides is 3. The Bertz CT molecular complexity index is 650. The van der Waals surface area contributed by atoms with Crippen molar-refractivity contribution in [2.75, 3.05) is 0 Å². The summed E-state index contributed by atoms with van der Waals surface area (Å²) in [6.45, 7) is 0. The predicted molar refractivity (Wildman–Crippen MR) is 55.0 cm³/mol. The first-order valence-corrected chi connectivity index (χ1v) is 5.05. The van der Waals surface area contributed by atoms with Crippen LogP contribution in [0.2, 0.25) is 0 Å². The molecule has 1 aromatic heterocycles. The van der Waals surface area contributed by atoms with E-state index in [9.17, 15) is 22.4 Å². The number of nitrogens with one attached hydrogen (secondary N) is 1. The van der Waals surface area contributed by atoms with Gasteiger partial charge in [0.05, 0.1) is 9.99 Å². The SMILES string of the molecule is O=c1[nH]c2ccc(Br)c(F)c2nc1C(F)(F)F. The summed E-state index contributed by atoms with van der Waals surface area (Å²) in [7, 11) is 0. The van der Waals surface area contributed by atoms with E-state index >= 15 is 0 Å². The van der Waals surface area contributed by atoms with Crippen LogP contribution < -0.4 is 5.56 Å². The van der Waals surface area contributed by atoms with E-state index in [0.29, 0.717) is 0 Å². The summed E-state index contributed by atoms with van der Waals surface area (Å²) in [5, 5.41) is 0. The van der Waals surface area contributed by atoms with Gasteiger partial charge in [0, 0.05) is 0 Å². The number of benzene rings is 1. The molecular weight excluding hydrogens is 308 g/mol. The summed E-state index contributed by atoms with van der Waals surface area (Å²) in [5.41, 5.74) is -3.69. The van der Waals surface area contributed by atoms with Crippen molar-refractivity contribution in [2.45, 2.75) is 6.18 Å². The minimum atomic E-state index is -4.92. The van der Waals surface area contributed by atoms with Crippen LogP contribution in [0.3, 0.4) is 0 Å². The Labute approximate surface area is 99.6 Å². The number of rotatable bonds is 0. The van der Waals surface area contributed by atoms with Crippen molar-refractivity contribution in [1.29, 1.82) is 0 Å². The molecule has 17 heavy (non-hydrogen) atoms. The van der Waals surface area contributed by atoms with E-state index in [1.54, 1.807) is 0 Å². The first-order chi connectivity index (χ1) is 7.80. The van der Waals surface area contributed by atoms with Crippen molar-refractivity contribution in [3.05, 3.63) is 38.5 Å². The zero-order valence-electron chi connectivity index (χ0n) is 7.90. The maximum atomic E-state index is 13.5. The van der Waals surface area contributed by atoms with Gasteiger partial charge in [0.15, 0.2) is 5.82 Å². The lowest BCUT2D eigenvalue weighted by molar-refractivity contribution is -0.142. The fraction of sp³-hybridized carbons (Fsp3) is 0.111. The molecule has 2 aromatic rings. The molecule has 2 rings (SSSR count). The smallest absolute Gasteiger partial charge is 0.319 e. The van der Waals surface area contributed by atoms with E-state index in [0.717, 1.165) is 0 Å². The van der Waals surface area contributed by atoms with Crippen molar-refractivity contribution in [3.63, 3.8) is 0 Å². The molecule has 0 saturated carbocycles. The van der Waals surface area contributed by atoms with Gasteiger partial charge in [-0.1, -0.05) is 0 Å². The lowest BCUT2D eigenvalue weighted by Gasteiger charge is -2.06. The molecule has 1 N–H and O–H groups in total. The van der Waals surface area contributed by atoms with E-state index in [-0.39, 0.29) is 9.99 Å². The molecule has 0 radical (unpaired) electrons. The number of aromatic nitrogens is 2. The summed E-state index contributed by atoms with van der Waals surface area (Å²) in [5.74, 6) is -0.954. The fourth-order valence-electron chi connectivity index (χ4n) is 1.29. The lowest BCUT2D eigenvalue weighted by atomic mass is 10.2. The van der Waals surface area contributed by atoms with Gasteiger partial charge in [0.25, 0.3) is 5.56 Å². The molecular formula is C9H3BrF4N2O. The van der Waals surface area contributed by atoms with E-state index in [2.05, 4.69) is 20.9 Å². The zero-order valence-corrected chi connectivity index (χ0v) is 9.49. The second-order valence-electron chi connectivity index (χ2n) is 3.17. The van der Waals surface area contributed by atoms with Crippen LogP contribution in [0.15, 0.2) is 21.4 Å². The molecule has 1 aromatic carbocycles. The topological polar surface area (TPSA) is 45.8 Å². The van der Waals surface area contributed by atoms with Gasteiger partial charge in [-0.25, -0.2) is 9.37 Å². The molecule has 0 spiro atoms. The molecule has 0 aliphatic rings. The first-order valence-electron chi connectivity index (χ1n) is 4.26. The molecule has 0 bridgehead atoms. The second kappa shape index (κ2) is 3.80. The average molecular weight is 311 g/mol. The van der Waals surface area contributed by atoms with E-state index in [4.69, 9.17) is 0 Å². The normalized spacial score (nSPS) is 12.1. The summed E-state index contributed by atoms with van der Waals surface area (Å²) in [6, 6.07) is 2.53. The molecule has 0 saturated heterocycles. The van der Waals surface area contributed by atoms with E-state index in [1.807, 2.05) is 4.98 Å². The molecule has 3 nitrogen and oxygen atoms in total. The molecule has 90 valence electrons. The van der Waals surface area contributed by atoms with Crippen LogP contribution in [0, 0.1) is 5.82 Å². The predicted octanol–water partition coefficient (Wildman–Crippen LogP) is 2.84. The Kier molecular flexibility index (Phi) is 2.69. The largest absolute Gasteiger partial charge is 0.438 e. The Hall–Kier alpha value is -1.44. The number of nitrogens with zero attached hydrogens (tertiary/aromatic N) is 1. The standard InChI is InChI=1S/C9H3BrF4N2O/c10-3-1-2-4-6(5(3)11)16-7(8(17)15-4)9(12,13)14/h1-2H,(H,15,17). The molecule has 1 heterocycles. The number of halogens is 5. The highest BCUT2D eigenvalue weighted by atomic mass is 79.9. The summed E-state index contributed by atoms with van der Waals surface area (Å²) < 4.78 is 50.6. The minimum absolute atomic E-state index is 0.0299. The van der Waals surface area contributed by atoms with Crippen molar-refractivity contribution >= 4 is 27.0 Å². The van der Waals surface area contributed by atoms with Crippen LogP contribution >= 0.6 is 15.9 Å². The molecule has 0 amide bonds. The van der Waals surface area contributed by atoms with Gasteiger partial charge in [-0.2, -0.15) is 13.2 Å². The Morgan fingerprint density at radius 3 is 2.53 bits per heavy atom. The van der Waals surface area contributed by atoms with Crippen LogP contribution in [-0.2, 0) is 6.18 Å². The lowest BCUT2D eigenvalue weighted by Crippen LogP contribution is -2.23. The molecule has 0 fully saturated rings. The Morgan fingerprint density at radius 2 is 1.94 bits per heavy atom. The molecule has 0 atom stereocenters. The number of hydrogen-bond donors (Lipinski definition) is 1. The van der Waals surface area contributed by atoms with Crippen LogP contribution in [0.5, 0.6) is 0 Å².